The normalized spacial score (nSPS) is 19.6. The molecule has 2 saturated heterocycles. The van der Waals surface area contributed by atoms with Crippen LogP contribution in [-0.2, 0) is 4.74 Å². The van der Waals surface area contributed by atoms with Crippen LogP contribution in [0.5, 0.6) is 11.5 Å². The molecule has 2 aromatic heterocycles. The van der Waals surface area contributed by atoms with Crippen LogP contribution in [0.3, 0.4) is 0 Å². The summed E-state index contributed by atoms with van der Waals surface area (Å²) in [4.78, 5) is 5.11. The van der Waals surface area contributed by atoms with Crippen LogP contribution in [-0.4, -0.2) is 64.7 Å². The first-order chi connectivity index (χ1) is 21.7. The van der Waals surface area contributed by atoms with E-state index < -0.39 is 0 Å². The fourth-order valence-electron chi connectivity index (χ4n) is 7.43. The van der Waals surface area contributed by atoms with E-state index in [1.165, 1.54) is 6.42 Å². The largest absolute Gasteiger partial charge is 0.453 e. The molecule has 0 spiro atoms. The molecule has 220 valence electrons. The van der Waals surface area contributed by atoms with Crippen LogP contribution < -0.4 is 9.64 Å². The molecule has 9 rings (SSSR count). The maximum atomic E-state index is 6.72. The minimum Gasteiger partial charge on any atom is -0.453 e. The number of aromatic nitrogens is 4. The van der Waals surface area contributed by atoms with Crippen LogP contribution >= 0.6 is 0 Å². The summed E-state index contributed by atoms with van der Waals surface area (Å²) in [7, 11) is 0. The molecular formula is C36H34N6O2. The number of piperidine rings is 1. The summed E-state index contributed by atoms with van der Waals surface area (Å²) in [6.07, 6.45) is 6.15. The smallest absolute Gasteiger partial charge is 0.151 e. The highest BCUT2D eigenvalue weighted by Gasteiger charge is 2.31. The van der Waals surface area contributed by atoms with Crippen molar-refractivity contribution in [1.29, 1.82) is 0 Å². The molecule has 2 fully saturated rings. The molecule has 5 heterocycles. The maximum absolute atomic E-state index is 6.72. The van der Waals surface area contributed by atoms with Gasteiger partial charge in [0.1, 0.15) is 0 Å². The van der Waals surface area contributed by atoms with Gasteiger partial charge in [-0.2, -0.15) is 10.2 Å². The molecular weight excluding hydrogens is 548 g/mol. The Morgan fingerprint density at radius 1 is 0.659 bits per heavy atom. The lowest BCUT2D eigenvalue weighted by Gasteiger charge is -2.41. The zero-order valence-corrected chi connectivity index (χ0v) is 24.5. The van der Waals surface area contributed by atoms with Crippen molar-refractivity contribution in [3.8, 4) is 33.8 Å². The van der Waals surface area contributed by atoms with E-state index in [0.717, 1.165) is 113 Å². The van der Waals surface area contributed by atoms with Crippen molar-refractivity contribution in [2.75, 3.05) is 44.3 Å². The van der Waals surface area contributed by atoms with Gasteiger partial charge in [0.15, 0.2) is 11.5 Å². The molecule has 0 aliphatic carbocycles. The van der Waals surface area contributed by atoms with Crippen LogP contribution in [0.1, 0.15) is 12.8 Å². The molecule has 2 bridgehead atoms. The SMILES string of the molecule is c1cc2c(cc1-c1ccc3[nH]ncc3c1)Oc1cc(-c3ccc4[nH]ncc4c3)ccc1N2CCCN1CC2COCC(C2)C1. The van der Waals surface area contributed by atoms with Crippen LogP contribution in [0, 0.1) is 11.8 Å². The van der Waals surface area contributed by atoms with E-state index in [1.807, 2.05) is 12.4 Å². The predicted octanol–water partition coefficient (Wildman–Crippen LogP) is 7.38. The summed E-state index contributed by atoms with van der Waals surface area (Å²) >= 11 is 0. The summed E-state index contributed by atoms with van der Waals surface area (Å²) in [5.74, 6) is 3.14. The Bertz CT molecular complexity index is 1860. The Morgan fingerprint density at radius 2 is 1.20 bits per heavy atom. The lowest BCUT2D eigenvalue weighted by atomic mass is 9.88. The molecule has 6 aromatic rings. The van der Waals surface area contributed by atoms with Gasteiger partial charge in [-0.3, -0.25) is 10.2 Å². The van der Waals surface area contributed by atoms with Crippen LogP contribution in [0.2, 0.25) is 0 Å². The Morgan fingerprint density at radius 3 is 1.80 bits per heavy atom. The fraction of sp³-hybridized carbons (Fsp3) is 0.278. The Kier molecular flexibility index (Phi) is 6.16. The summed E-state index contributed by atoms with van der Waals surface area (Å²) in [6, 6.07) is 26.0. The van der Waals surface area contributed by atoms with Gasteiger partial charge in [0, 0.05) is 30.4 Å². The average molecular weight is 583 g/mol. The number of H-pyrrole nitrogens is 2. The first-order valence-electron chi connectivity index (χ1n) is 15.6. The van der Waals surface area contributed by atoms with Crippen LogP contribution in [0.15, 0.2) is 85.2 Å². The molecule has 2 unspecified atom stereocenters. The monoisotopic (exact) mass is 582 g/mol. The third-order valence-electron chi connectivity index (χ3n) is 9.53. The van der Waals surface area contributed by atoms with Crippen molar-refractivity contribution in [3.05, 3.63) is 85.2 Å². The molecule has 44 heavy (non-hydrogen) atoms. The number of rotatable bonds is 6. The molecule has 2 atom stereocenters. The second kappa shape index (κ2) is 10.5. The van der Waals surface area contributed by atoms with Gasteiger partial charge in [-0.25, -0.2) is 0 Å². The lowest BCUT2D eigenvalue weighted by molar-refractivity contribution is -0.0403. The van der Waals surface area contributed by atoms with Crippen molar-refractivity contribution < 1.29 is 9.47 Å². The fourth-order valence-corrected chi connectivity index (χ4v) is 7.43. The molecule has 3 aliphatic heterocycles. The number of fused-ring (bicyclic) bond motifs is 6. The van der Waals surface area contributed by atoms with Crippen LogP contribution in [0.25, 0.3) is 44.1 Å². The minimum absolute atomic E-state index is 0.687. The van der Waals surface area contributed by atoms with Crippen molar-refractivity contribution in [1.82, 2.24) is 25.3 Å². The Hall–Kier alpha value is -4.66. The van der Waals surface area contributed by atoms with E-state index in [1.54, 1.807) is 0 Å². The zero-order valence-electron chi connectivity index (χ0n) is 24.5. The van der Waals surface area contributed by atoms with Crippen molar-refractivity contribution in [2.45, 2.75) is 12.8 Å². The second-order valence-electron chi connectivity index (χ2n) is 12.6. The van der Waals surface area contributed by atoms with E-state index in [4.69, 9.17) is 9.47 Å². The highest BCUT2D eigenvalue weighted by atomic mass is 16.5. The number of nitrogens with zero attached hydrogens (tertiary/aromatic N) is 4. The number of hydrogen-bond donors (Lipinski definition) is 2. The van der Waals surface area contributed by atoms with Gasteiger partial charge in [-0.1, -0.05) is 24.3 Å². The van der Waals surface area contributed by atoms with Crippen LogP contribution in [0.4, 0.5) is 11.4 Å². The number of anilines is 2. The molecule has 2 N–H and O–H groups in total. The summed E-state index contributed by atoms with van der Waals surface area (Å²) < 4.78 is 12.5. The van der Waals surface area contributed by atoms with Crippen molar-refractivity contribution in [2.24, 2.45) is 11.8 Å². The van der Waals surface area contributed by atoms with E-state index in [0.29, 0.717) is 11.8 Å². The first kappa shape index (κ1) is 25.8. The van der Waals surface area contributed by atoms with E-state index in [-0.39, 0.29) is 0 Å². The average Bonchev–Trinajstić information content (AvgIpc) is 3.73. The van der Waals surface area contributed by atoms with E-state index in [9.17, 15) is 0 Å². The second-order valence-corrected chi connectivity index (χ2v) is 12.6. The number of likely N-dealkylation sites (tertiary alicyclic amines) is 1. The Labute approximate surface area is 255 Å². The van der Waals surface area contributed by atoms with E-state index >= 15 is 0 Å². The van der Waals surface area contributed by atoms with Gasteiger partial charge < -0.3 is 19.3 Å². The number of aromatic amines is 2. The molecule has 0 saturated carbocycles. The van der Waals surface area contributed by atoms with Gasteiger partial charge in [0.25, 0.3) is 0 Å². The van der Waals surface area contributed by atoms with Gasteiger partial charge in [-0.05, 0) is 102 Å². The lowest BCUT2D eigenvalue weighted by Crippen LogP contribution is -2.47. The van der Waals surface area contributed by atoms with Gasteiger partial charge >= 0.3 is 0 Å². The molecule has 8 heteroatoms. The molecule has 0 amide bonds. The van der Waals surface area contributed by atoms with Gasteiger partial charge in [0.2, 0.25) is 0 Å². The molecule has 3 aliphatic rings. The summed E-state index contributed by atoms with van der Waals surface area (Å²) in [5.41, 5.74) is 8.83. The quantitative estimate of drug-likeness (QED) is 0.213. The molecule has 8 nitrogen and oxygen atoms in total. The summed E-state index contributed by atoms with van der Waals surface area (Å²) in [6.45, 7) is 6.17. The first-order valence-corrected chi connectivity index (χ1v) is 15.6. The number of ether oxygens (including phenoxy) is 2. The standard InChI is InChI=1S/C36H34N6O2/c1(10-41-19-23-12-24(20-41)22-43-21-23)11-42-33-8-4-27(25-2-6-31-29(13-25)17-37-39-31)15-35(33)44-36-16-28(5-9-34(36)42)26-3-7-32-30(14-26)18-38-40-32/h2-9,13-18,23-24H,1,10-12,19-22H2,(H,37,39)(H,38,40). The van der Waals surface area contributed by atoms with Crippen molar-refractivity contribution >= 4 is 33.2 Å². The van der Waals surface area contributed by atoms with Gasteiger partial charge in [-0.15, -0.1) is 0 Å². The predicted molar refractivity (Wildman–Crippen MR) is 174 cm³/mol. The number of nitrogens with one attached hydrogen (secondary N) is 2. The van der Waals surface area contributed by atoms with Gasteiger partial charge in [0.05, 0.1) is 48.0 Å². The highest BCUT2D eigenvalue weighted by Crippen LogP contribution is 2.49. The Balaban J connectivity index is 1.04. The third kappa shape index (κ3) is 4.62. The van der Waals surface area contributed by atoms with Crippen molar-refractivity contribution in [3.63, 3.8) is 0 Å². The summed E-state index contributed by atoms with van der Waals surface area (Å²) in [5, 5.41) is 16.7. The molecule has 0 radical (unpaired) electrons. The topological polar surface area (TPSA) is 82.3 Å². The maximum Gasteiger partial charge on any atom is 0.151 e. The molecule has 4 aromatic carbocycles. The third-order valence-corrected chi connectivity index (χ3v) is 9.53. The highest BCUT2D eigenvalue weighted by molar-refractivity contribution is 5.88. The number of hydrogen-bond acceptors (Lipinski definition) is 6. The van der Waals surface area contributed by atoms with E-state index in [2.05, 4.69) is 103 Å². The number of benzene rings is 4. The zero-order chi connectivity index (χ0) is 29.0. The minimum atomic E-state index is 0.687.